The van der Waals surface area contributed by atoms with Gasteiger partial charge in [0.25, 0.3) is 0 Å². The van der Waals surface area contributed by atoms with Crippen LogP contribution in [-0.2, 0) is 4.79 Å². The van der Waals surface area contributed by atoms with Gasteiger partial charge in [0, 0.05) is 11.9 Å². The highest BCUT2D eigenvalue weighted by atomic mass is 16.1. The van der Waals surface area contributed by atoms with Gasteiger partial charge in [-0.15, -0.1) is 0 Å². The van der Waals surface area contributed by atoms with Crippen molar-refractivity contribution in [1.82, 2.24) is 5.32 Å². The van der Waals surface area contributed by atoms with E-state index < -0.39 is 0 Å². The van der Waals surface area contributed by atoms with Gasteiger partial charge in [0.1, 0.15) is 12.1 Å². The van der Waals surface area contributed by atoms with E-state index in [0.717, 1.165) is 35.4 Å². The van der Waals surface area contributed by atoms with E-state index in [4.69, 9.17) is 4.79 Å². The van der Waals surface area contributed by atoms with Crippen LogP contribution in [0, 0.1) is 13.8 Å². The first-order valence-corrected chi connectivity index (χ1v) is 13.7. The molecule has 0 aromatic heterocycles. The lowest BCUT2D eigenvalue weighted by Crippen LogP contribution is -2.17. The lowest BCUT2D eigenvalue weighted by molar-refractivity contribution is -0.106. The normalized spacial score (nSPS) is 12.8. The molecule has 40 heavy (non-hydrogen) atoms. The highest BCUT2D eigenvalue weighted by Gasteiger charge is 2.05. The number of carbonyl (C=O) groups excluding carboxylic acids is 1. The summed E-state index contributed by atoms with van der Waals surface area (Å²) in [4.78, 5) is 13.4. The van der Waals surface area contributed by atoms with Crippen molar-refractivity contribution in [2.45, 2.75) is 75.7 Å². The molecule has 0 saturated carbocycles. The Hall–Kier alpha value is -3.98. The maximum Gasteiger partial charge on any atom is 0.116 e. The van der Waals surface area contributed by atoms with Crippen LogP contribution in [0.3, 0.4) is 0 Å². The van der Waals surface area contributed by atoms with Crippen LogP contribution >= 0.6 is 0 Å². The molecular formula is C37H52N2O. The van der Waals surface area contributed by atoms with Crippen LogP contribution in [0.1, 0.15) is 78.5 Å². The number of aldehydes is 1. The Balaban J connectivity index is 0. The van der Waals surface area contributed by atoms with Crippen molar-refractivity contribution < 1.29 is 4.79 Å². The molecule has 0 fully saturated rings. The molecule has 0 aliphatic rings. The van der Waals surface area contributed by atoms with E-state index in [-0.39, 0.29) is 0 Å². The highest BCUT2D eigenvalue weighted by molar-refractivity contribution is 5.82. The van der Waals surface area contributed by atoms with Crippen molar-refractivity contribution in [3.05, 3.63) is 137 Å². The second-order valence-electron chi connectivity index (χ2n) is 9.26. The molecule has 0 saturated heterocycles. The van der Waals surface area contributed by atoms with E-state index in [1.807, 2.05) is 64.3 Å². The summed E-state index contributed by atoms with van der Waals surface area (Å²) < 4.78 is 0. The molecule has 0 amide bonds. The van der Waals surface area contributed by atoms with Crippen LogP contribution in [0.5, 0.6) is 0 Å². The summed E-state index contributed by atoms with van der Waals surface area (Å²) in [6.45, 7) is 31.8. The lowest BCUT2D eigenvalue weighted by atomic mass is 9.94. The third-order valence-electron chi connectivity index (χ3n) is 5.60. The summed E-state index contributed by atoms with van der Waals surface area (Å²) >= 11 is 0. The average molecular weight is 541 g/mol. The molecule has 3 heteroatoms. The monoisotopic (exact) mass is 540 g/mol. The van der Waals surface area contributed by atoms with Gasteiger partial charge in [0.2, 0.25) is 0 Å². The molecule has 0 heterocycles. The Bertz CT molecular complexity index is 1170. The fourth-order valence-electron chi connectivity index (χ4n) is 3.47. The van der Waals surface area contributed by atoms with Gasteiger partial charge >= 0.3 is 0 Å². The molecule has 1 aromatic carbocycles. The average Bonchev–Trinajstić information content (AvgIpc) is 2.90. The van der Waals surface area contributed by atoms with Gasteiger partial charge in [-0.05, 0) is 120 Å². The number of carbonyl (C=O) groups is 1. The van der Waals surface area contributed by atoms with E-state index in [1.165, 1.54) is 40.3 Å². The van der Waals surface area contributed by atoms with Crippen molar-refractivity contribution in [3.8, 4) is 0 Å². The van der Waals surface area contributed by atoms with Crippen LogP contribution in [0.15, 0.2) is 126 Å². The number of benzene rings is 1. The number of nitrogens with one attached hydrogen (secondary N) is 1. The molecule has 0 unspecified atom stereocenters. The maximum atomic E-state index is 8.81. The number of hydrogen-bond acceptors (Lipinski definition) is 2. The van der Waals surface area contributed by atoms with E-state index in [0.29, 0.717) is 0 Å². The molecule has 1 rings (SSSR count). The number of nitrogens with zero attached hydrogens (tertiary/aromatic N) is 1. The van der Waals surface area contributed by atoms with E-state index in [2.05, 4.69) is 101 Å². The fourth-order valence-corrected chi connectivity index (χ4v) is 3.47. The first-order valence-electron chi connectivity index (χ1n) is 13.7. The van der Waals surface area contributed by atoms with Gasteiger partial charge in [-0.25, -0.2) is 4.99 Å². The molecule has 1 aromatic rings. The highest BCUT2D eigenvalue weighted by Crippen LogP contribution is 2.25. The summed E-state index contributed by atoms with van der Waals surface area (Å²) in [5.74, 6) is 0.782. The van der Waals surface area contributed by atoms with Crippen LogP contribution in [-0.4, -0.2) is 12.1 Å². The fraction of sp³-hybridized carbons (Fsp3) is 0.297. The minimum absolute atomic E-state index is 0.750. The van der Waals surface area contributed by atoms with Crippen LogP contribution in [0.2, 0.25) is 0 Å². The Morgan fingerprint density at radius 2 is 1.55 bits per heavy atom. The second-order valence-corrected chi connectivity index (χ2v) is 9.26. The topological polar surface area (TPSA) is 41.5 Å². The standard InChI is InChI=1S/C26H34N2.C9H14.C2H4O/c1-10-19(4)14-15-23(8)28-24(9)27-17-25(18(2)3)16-22(7)26-20(5)12-11-13-21(26)6;1-4-7-9(6-3)8-5-2;1-2-3/h10-17H,2,8H2,1,3-7,9H3,(H,27,28);4-5,7-8H,1,6H2,2-3H3;2H,1H3/b15-14-,19-10-,22-16+,25-17-;8-5-,9-7-;. The maximum absolute atomic E-state index is 8.81. The van der Waals surface area contributed by atoms with Crippen molar-refractivity contribution in [1.29, 1.82) is 0 Å². The van der Waals surface area contributed by atoms with Gasteiger partial charge in [-0.2, -0.15) is 0 Å². The Morgan fingerprint density at radius 3 is 2.00 bits per heavy atom. The first kappa shape index (κ1) is 38.2. The molecule has 0 atom stereocenters. The van der Waals surface area contributed by atoms with Crippen LogP contribution < -0.4 is 5.32 Å². The molecule has 3 nitrogen and oxygen atoms in total. The smallest absolute Gasteiger partial charge is 0.116 e. The van der Waals surface area contributed by atoms with E-state index in [1.54, 1.807) is 0 Å². The SMILES string of the molecule is C=C(/C=C\C(C)=C/C)NC(C)=N/C=C(/C=C(\C)c1c(C)cccc1C)C(=C)C.C=C/C=C(\C=C/C)CC.CC=O. The summed E-state index contributed by atoms with van der Waals surface area (Å²) in [7, 11) is 0. The third-order valence-corrected chi connectivity index (χ3v) is 5.60. The minimum Gasteiger partial charge on any atom is -0.344 e. The number of allylic oxidation sites excluding steroid dienone is 13. The zero-order valence-corrected chi connectivity index (χ0v) is 26.7. The Morgan fingerprint density at radius 1 is 0.975 bits per heavy atom. The predicted molar refractivity (Wildman–Crippen MR) is 182 cm³/mol. The molecule has 0 radical (unpaired) electrons. The molecule has 0 aliphatic heterocycles. The number of amidine groups is 1. The second kappa shape index (κ2) is 23.0. The Kier molecular flexibility index (Phi) is 21.9. The van der Waals surface area contributed by atoms with Crippen LogP contribution in [0.25, 0.3) is 5.57 Å². The summed E-state index contributed by atoms with van der Waals surface area (Å²) in [5.41, 5.74) is 10.3. The van der Waals surface area contributed by atoms with Crippen molar-refractivity contribution in [3.63, 3.8) is 0 Å². The number of hydrogen-bond donors (Lipinski definition) is 1. The number of aliphatic imine (C=N–C) groups is 1. The Labute approximate surface area is 245 Å². The van der Waals surface area contributed by atoms with Gasteiger partial charge in [0.05, 0.1) is 0 Å². The van der Waals surface area contributed by atoms with Crippen molar-refractivity contribution >= 4 is 17.7 Å². The summed E-state index contributed by atoms with van der Waals surface area (Å²) in [6, 6.07) is 6.38. The zero-order chi connectivity index (χ0) is 31.1. The lowest BCUT2D eigenvalue weighted by Gasteiger charge is -2.11. The summed E-state index contributed by atoms with van der Waals surface area (Å²) in [6.07, 6.45) is 19.8. The first-order chi connectivity index (χ1) is 18.9. The number of aryl methyl sites for hydroxylation is 2. The largest absolute Gasteiger partial charge is 0.344 e. The third kappa shape index (κ3) is 17.5. The van der Waals surface area contributed by atoms with Crippen molar-refractivity contribution in [2.75, 3.05) is 0 Å². The van der Waals surface area contributed by atoms with Gasteiger partial charge in [-0.1, -0.05) is 86.9 Å². The van der Waals surface area contributed by atoms with Gasteiger partial charge < -0.3 is 10.1 Å². The molecule has 0 spiro atoms. The summed E-state index contributed by atoms with van der Waals surface area (Å²) in [5, 5.41) is 3.20. The molecule has 0 bridgehead atoms. The predicted octanol–water partition coefficient (Wildman–Crippen LogP) is 10.5. The van der Waals surface area contributed by atoms with E-state index >= 15 is 0 Å². The molecular weight excluding hydrogens is 488 g/mol. The van der Waals surface area contributed by atoms with Gasteiger partial charge in [-0.3, -0.25) is 0 Å². The molecule has 1 N–H and O–H groups in total. The van der Waals surface area contributed by atoms with Crippen LogP contribution in [0.4, 0.5) is 0 Å². The van der Waals surface area contributed by atoms with Crippen molar-refractivity contribution in [2.24, 2.45) is 4.99 Å². The minimum atomic E-state index is 0.750. The number of rotatable bonds is 10. The molecule has 216 valence electrons. The van der Waals surface area contributed by atoms with E-state index in [9.17, 15) is 0 Å². The molecule has 0 aliphatic carbocycles. The quantitative estimate of drug-likeness (QED) is 0.139. The van der Waals surface area contributed by atoms with Gasteiger partial charge in [0.15, 0.2) is 0 Å². The zero-order valence-electron chi connectivity index (χ0n) is 26.7.